The van der Waals surface area contributed by atoms with Crippen molar-refractivity contribution in [1.29, 1.82) is 0 Å². The Kier molecular flexibility index (Phi) is 6.44. The van der Waals surface area contributed by atoms with Crippen LogP contribution in [-0.4, -0.2) is 6.03 Å². The molecule has 0 bridgehead atoms. The molecule has 2 aromatic rings. The van der Waals surface area contributed by atoms with Crippen LogP contribution in [0.25, 0.3) is 0 Å². The Bertz CT molecular complexity index is 609. The van der Waals surface area contributed by atoms with Crippen LogP contribution in [0.3, 0.4) is 0 Å². The van der Waals surface area contributed by atoms with Gasteiger partial charge >= 0.3 is 6.03 Å². The van der Waals surface area contributed by atoms with Crippen LogP contribution in [0.2, 0.25) is 0 Å². The van der Waals surface area contributed by atoms with Crippen molar-refractivity contribution in [1.82, 2.24) is 10.9 Å². The zero-order chi connectivity index (χ0) is 16.5. The molecule has 122 valence electrons. The van der Waals surface area contributed by atoms with Crippen molar-refractivity contribution in [3.8, 4) is 11.5 Å². The number of hydrogen-bond acceptors (Lipinski definition) is 3. The molecule has 2 rings (SSSR count). The summed E-state index contributed by atoms with van der Waals surface area (Å²) in [6.45, 7) is 2.69. The zero-order valence-electron chi connectivity index (χ0n) is 13.3. The van der Waals surface area contributed by atoms with Gasteiger partial charge in [0.2, 0.25) is 0 Å². The number of benzene rings is 2. The fourth-order valence-corrected chi connectivity index (χ4v) is 2.15. The summed E-state index contributed by atoms with van der Waals surface area (Å²) in [4.78, 5) is 10.6. The van der Waals surface area contributed by atoms with Crippen LogP contribution >= 0.6 is 0 Å². The normalized spacial score (nSPS) is 10.3. The molecule has 0 atom stereocenters. The van der Waals surface area contributed by atoms with Crippen molar-refractivity contribution in [3.63, 3.8) is 0 Å². The molecule has 0 radical (unpaired) electrons. The summed E-state index contributed by atoms with van der Waals surface area (Å²) >= 11 is 0. The molecule has 0 spiro atoms. The van der Waals surface area contributed by atoms with Crippen LogP contribution in [0.5, 0.6) is 11.5 Å². The molecule has 2 aromatic carbocycles. The van der Waals surface area contributed by atoms with Gasteiger partial charge in [-0.05, 0) is 48.2 Å². The minimum absolute atomic E-state index is 0.495. The van der Waals surface area contributed by atoms with Crippen LogP contribution < -0.4 is 21.3 Å². The lowest BCUT2D eigenvalue weighted by atomic mass is 10.1. The van der Waals surface area contributed by atoms with Crippen LogP contribution in [0.15, 0.2) is 48.5 Å². The van der Waals surface area contributed by atoms with Crippen LogP contribution in [0.1, 0.15) is 30.9 Å². The minimum atomic E-state index is -0.604. The van der Waals surface area contributed by atoms with Gasteiger partial charge < -0.3 is 10.5 Å². The monoisotopic (exact) mass is 313 g/mol. The first-order valence-corrected chi connectivity index (χ1v) is 7.81. The molecule has 0 saturated heterocycles. The van der Waals surface area contributed by atoms with Gasteiger partial charge in [0.1, 0.15) is 11.5 Å². The van der Waals surface area contributed by atoms with Crippen molar-refractivity contribution in [2.45, 2.75) is 32.7 Å². The van der Waals surface area contributed by atoms with Crippen molar-refractivity contribution < 1.29 is 9.53 Å². The van der Waals surface area contributed by atoms with Gasteiger partial charge in [-0.25, -0.2) is 10.2 Å². The second-order valence-corrected chi connectivity index (χ2v) is 5.34. The minimum Gasteiger partial charge on any atom is -0.457 e. The Morgan fingerprint density at radius 2 is 1.57 bits per heavy atom. The SMILES string of the molecule is CCCCc1ccc(Oc2ccc(CNNC(N)=O)cc2)cc1. The maximum Gasteiger partial charge on any atom is 0.326 e. The maximum absolute atomic E-state index is 10.6. The summed E-state index contributed by atoms with van der Waals surface area (Å²) < 4.78 is 5.83. The molecule has 0 aliphatic heterocycles. The number of aryl methyl sites for hydroxylation is 1. The van der Waals surface area contributed by atoms with E-state index in [1.165, 1.54) is 18.4 Å². The maximum atomic E-state index is 10.6. The van der Waals surface area contributed by atoms with Crippen LogP contribution in [0, 0.1) is 0 Å². The predicted octanol–water partition coefficient (Wildman–Crippen LogP) is 3.49. The Morgan fingerprint density at radius 1 is 1.00 bits per heavy atom. The zero-order valence-corrected chi connectivity index (χ0v) is 13.3. The molecule has 0 aliphatic carbocycles. The highest BCUT2D eigenvalue weighted by Crippen LogP contribution is 2.22. The number of amides is 2. The first-order valence-electron chi connectivity index (χ1n) is 7.81. The highest BCUT2D eigenvalue weighted by molar-refractivity contribution is 5.70. The number of carbonyl (C=O) groups is 1. The topological polar surface area (TPSA) is 76.4 Å². The average molecular weight is 313 g/mol. The van der Waals surface area contributed by atoms with Gasteiger partial charge in [-0.3, -0.25) is 5.43 Å². The molecule has 0 aromatic heterocycles. The van der Waals surface area contributed by atoms with Crippen molar-refractivity contribution in [2.24, 2.45) is 5.73 Å². The standard InChI is InChI=1S/C18H23N3O2/c1-2-3-4-14-5-9-16(10-6-14)23-17-11-7-15(8-12-17)13-20-21-18(19)22/h5-12,20H,2-4,13H2,1H3,(H3,19,21,22). The van der Waals surface area contributed by atoms with E-state index in [4.69, 9.17) is 10.5 Å². The molecule has 2 amide bonds. The van der Waals surface area contributed by atoms with E-state index in [-0.39, 0.29) is 0 Å². The lowest BCUT2D eigenvalue weighted by Gasteiger charge is -2.08. The summed E-state index contributed by atoms with van der Waals surface area (Å²) in [5.41, 5.74) is 12.4. The predicted molar refractivity (Wildman–Crippen MR) is 91.1 cm³/mol. The van der Waals surface area contributed by atoms with E-state index in [0.717, 1.165) is 23.5 Å². The van der Waals surface area contributed by atoms with Crippen LogP contribution in [-0.2, 0) is 13.0 Å². The van der Waals surface area contributed by atoms with E-state index in [9.17, 15) is 4.79 Å². The quantitative estimate of drug-likeness (QED) is 0.653. The molecule has 4 N–H and O–H groups in total. The third-order valence-electron chi connectivity index (χ3n) is 3.41. The lowest BCUT2D eigenvalue weighted by molar-refractivity contribution is 0.244. The van der Waals surface area contributed by atoms with Gasteiger partial charge in [0, 0.05) is 6.54 Å². The molecule has 0 aliphatic rings. The smallest absolute Gasteiger partial charge is 0.326 e. The van der Waals surface area contributed by atoms with E-state index in [1.54, 1.807) is 0 Å². The van der Waals surface area contributed by atoms with E-state index >= 15 is 0 Å². The van der Waals surface area contributed by atoms with Gasteiger partial charge in [-0.15, -0.1) is 0 Å². The van der Waals surface area contributed by atoms with Crippen molar-refractivity contribution in [3.05, 3.63) is 59.7 Å². The Balaban J connectivity index is 1.86. The average Bonchev–Trinajstić information content (AvgIpc) is 2.55. The Hall–Kier alpha value is -2.53. The third-order valence-corrected chi connectivity index (χ3v) is 3.41. The Labute approximate surface area is 136 Å². The van der Waals surface area contributed by atoms with E-state index in [0.29, 0.717) is 6.54 Å². The van der Waals surface area contributed by atoms with Crippen LogP contribution in [0.4, 0.5) is 4.79 Å². The number of hydrogen-bond donors (Lipinski definition) is 3. The summed E-state index contributed by atoms with van der Waals surface area (Å²) in [6.07, 6.45) is 3.52. The number of nitrogens with one attached hydrogen (secondary N) is 2. The van der Waals surface area contributed by atoms with E-state index in [2.05, 4.69) is 29.9 Å². The second-order valence-electron chi connectivity index (χ2n) is 5.34. The highest BCUT2D eigenvalue weighted by Gasteiger charge is 2.00. The third kappa shape index (κ3) is 6.00. The van der Waals surface area contributed by atoms with Crippen molar-refractivity contribution >= 4 is 6.03 Å². The molecule has 0 unspecified atom stereocenters. The summed E-state index contributed by atoms with van der Waals surface area (Å²) in [7, 11) is 0. The number of nitrogens with two attached hydrogens (primary N) is 1. The van der Waals surface area contributed by atoms with Gasteiger partial charge in [-0.2, -0.15) is 0 Å². The number of carbonyl (C=O) groups excluding carboxylic acids is 1. The molecule has 23 heavy (non-hydrogen) atoms. The first kappa shape index (κ1) is 16.8. The van der Waals surface area contributed by atoms with Gasteiger partial charge in [0.15, 0.2) is 0 Å². The molecule has 0 heterocycles. The van der Waals surface area contributed by atoms with E-state index < -0.39 is 6.03 Å². The summed E-state index contributed by atoms with van der Waals surface area (Å²) in [5, 5.41) is 0. The van der Waals surface area contributed by atoms with Gasteiger partial charge in [-0.1, -0.05) is 37.6 Å². The second kappa shape index (κ2) is 8.80. The molecular formula is C18H23N3O2. The molecule has 5 nitrogen and oxygen atoms in total. The molecule has 0 fully saturated rings. The van der Waals surface area contributed by atoms with Crippen molar-refractivity contribution in [2.75, 3.05) is 0 Å². The largest absolute Gasteiger partial charge is 0.457 e. The number of ether oxygens (including phenoxy) is 1. The number of unbranched alkanes of at least 4 members (excludes halogenated alkanes) is 1. The van der Waals surface area contributed by atoms with Gasteiger partial charge in [0.05, 0.1) is 0 Å². The number of urea groups is 1. The van der Waals surface area contributed by atoms with Gasteiger partial charge in [0.25, 0.3) is 0 Å². The number of rotatable bonds is 8. The number of hydrazine groups is 1. The highest BCUT2D eigenvalue weighted by atomic mass is 16.5. The summed E-state index contributed by atoms with van der Waals surface area (Å²) in [6, 6.07) is 15.3. The summed E-state index contributed by atoms with van der Waals surface area (Å²) in [5.74, 6) is 1.60. The number of primary amides is 1. The molecule has 0 saturated carbocycles. The van der Waals surface area contributed by atoms with E-state index in [1.807, 2.05) is 36.4 Å². The molecule has 5 heteroatoms. The fourth-order valence-electron chi connectivity index (χ4n) is 2.15. The lowest BCUT2D eigenvalue weighted by Crippen LogP contribution is -2.40. The fraction of sp³-hybridized carbons (Fsp3) is 0.278. The Morgan fingerprint density at radius 3 is 2.09 bits per heavy atom. The first-order chi connectivity index (χ1) is 11.2. The molecular weight excluding hydrogens is 290 g/mol.